The molecule has 0 amide bonds. The molecule has 0 saturated carbocycles. The molecule has 0 bridgehead atoms. The smallest absolute Gasteiger partial charge is 0.131 e. The van der Waals surface area contributed by atoms with Crippen LogP contribution in [-0.2, 0) is 0 Å². The molecule has 18 heavy (non-hydrogen) atoms. The average molecular weight is 242 g/mol. The van der Waals surface area contributed by atoms with Crippen LogP contribution in [0.15, 0.2) is 42.5 Å². The fourth-order valence-corrected chi connectivity index (χ4v) is 2.36. The van der Waals surface area contributed by atoms with Crippen LogP contribution in [0.25, 0.3) is 0 Å². The van der Waals surface area contributed by atoms with Crippen molar-refractivity contribution in [2.75, 3.05) is 13.7 Å². The second-order valence-corrected chi connectivity index (χ2v) is 4.28. The monoisotopic (exact) mass is 242 g/mol. The number of rotatable bonds is 2. The first-order valence-corrected chi connectivity index (χ1v) is 5.89. The molecular formula is C15H14O3. The van der Waals surface area contributed by atoms with Gasteiger partial charge < -0.3 is 14.6 Å². The molecular weight excluding hydrogens is 228 g/mol. The van der Waals surface area contributed by atoms with E-state index in [0.29, 0.717) is 0 Å². The van der Waals surface area contributed by atoms with Gasteiger partial charge in [-0.25, -0.2) is 0 Å². The minimum Gasteiger partial charge on any atom is -0.497 e. The number of fused-ring (bicyclic) bond motifs is 2. The van der Waals surface area contributed by atoms with Gasteiger partial charge in [0.05, 0.1) is 13.7 Å². The van der Waals surface area contributed by atoms with Crippen LogP contribution in [0.3, 0.4) is 0 Å². The molecule has 0 radical (unpaired) electrons. The summed E-state index contributed by atoms with van der Waals surface area (Å²) in [4.78, 5) is 0. The molecule has 3 nitrogen and oxygen atoms in total. The van der Waals surface area contributed by atoms with Gasteiger partial charge in [0.25, 0.3) is 0 Å². The van der Waals surface area contributed by atoms with Gasteiger partial charge in [0.15, 0.2) is 0 Å². The third-order valence-electron chi connectivity index (χ3n) is 3.29. The average Bonchev–Trinajstić information content (AvgIpc) is 2.44. The van der Waals surface area contributed by atoms with Crippen molar-refractivity contribution in [2.45, 2.75) is 5.92 Å². The predicted molar refractivity (Wildman–Crippen MR) is 68.4 cm³/mol. The van der Waals surface area contributed by atoms with E-state index in [2.05, 4.69) is 0 Å². The van der Waals surface area contributed by atoms with Crippen LogP contribution < -0.4 is 9.47 Å². The summed E-state index contributed by atoms with van der Waals surface area (Å²) in [5, 5.41) is 9.65. The number of ether oxygens (including phenoxy) is 2. The summed E-state index contributed by atoms with van der Waals surface area (Å²) in [6, 6.07) is 13.5. The van der Waals surface area contributed by atoms with Crippen molar-refractivity contribution in [3.8, 4) is 17.2 Å². The number of hydrogen-bond donors (Lipinski definition) is 1. The maximum atomic E-state index is 9.65. The molecule has 2 aromatic rings. The molecule has 1 unspecified atom stereocenters. The lowest BCUT2D eigenvalue weighted by Gasteiger charge is -2.27. The first kappa shape index (κ1) is 11.1. The van der Waals surface area contributed by atoms with Gasteiger partial charge >= 0.3 is 0 Å². The van der Waals surface area contributed by atoms with Gasteiger partial charge in [-0.15, -0.1) is 0 Å². The summed E-state index contributed by atoms with van der Waals surface area (Å²) in [5.41, 5.74) is 1.98. The van der Waals surface area contributed by atoms with Gasteiger partial charge in [-0.3, -0.25) is 0 Å². The molecule has 3 rings (SSSR count). The highest BCUT2D eigenvalue weighted by molar-refractivity contribution is 5.55. The lowest BCUT2D eigenvalue weighted by Crippen LogP contribution is -2.13. The maximum absolute atomic E-state index is 9.65. The Balaban J connectivity index is 2.15. The van der Waals surface area contributed by atoms with Crippen molar-refractivity contribution in [3.05, 3.63) is 53.6 Å². The minimum atomic E-state index is -0.0555. The standard InChI is InChI=1S/C15H14O3/c1-17-10-6-7-15-12(8-10)13(9-16)11-4-2-3-5-14(11)18-15/h2-8,13,16H,9H2,1H3. The molecule has 1 aliphatic heterocycles. The fraction of sp³-hybridized carbons (Fsp3) is 0.200. The van der Waals surface area contributed by atoms with Gasteiger partial charge in [0.1, 0.15) is 17.2 Å². The van der Waals surface area contributed by atoms with E-state index in [9.17, 15) is 5.11 Å². The van der Waals surface area contributed by atoms with Gasteiger partial charge in [-0.2, -0.15) is 0 Å². The molecule has 2 aromatic carbocycles. The van der Waals surface area contributed by atoms with Crippen LogP contribution in [0.5, 0.6) is 17.2 Å². The van der Waals surface area contributed by atoms with Gasteiger partial charge in [-0.05, 0) is 24.3 Å². The van der Waals surface area contributed by atoms with E-state index < -0.39 is 0 Å². The van der Waals surface area contributed by atoms with Crippen LogP contribution in [0.4, 0.5) is 0 Å². The van der Waals surface area contributed by atoms with E-state index in [1.807, 2.05) is 42.5 Å². The number of methoxy groups -OCH3 is 1. The highest BCUT2D eigenvalue weighted by atomic mass is 16.5. The number of aliphatic hydroxyl groups is 1. The van der Waals surface area contributed by atoms with Crippen LogP contribution >= 0.6 is 0 Å². The Morgan fingerprint density at radius 1 is 1.11 bits per heavy atom. The third-order valence-corrected chi connectivity index (χ3v) is 3.29. The normalized spacial score (nSPS) is 16.4. The molecule has 1 aliphatic rings. The van der Waals surface area contributed by atoms with E-state index in [4.69, 9.17) is 9.47 Å². The van der Waals surface area contributed by atoms with E-state index >= 15 is 0 Å². The van der Waals surface area contributed by atoms with E-state index in [0.717, 1.165) is 28.4 Å². The second-order valence-electron chi connectivity index (χ2n) is 4.28. The molecule has 3 heteroatoms. The van der Waals surface area contributed by atoms with E-state index in [1.165, 1.54) is 0 Å². The van der Waals surface area contributed by atoms with E-state index in [1.54, 1.807) is 7.11 Å². The Kier molecular flexibility index (Phi) is 2.68. The molecule has 0 saturated heterocycles. The Bertz CT molecular complexity index is 578. The number of aliphatic hydroxyl groups excluding tert-OH is 1. The number of benzene rings is 2. The van der Waals surface area contributed by atoms with Crippen molar-refractivity contribution in [1.29, 1.82) is 0 Å². The molecule has 1 N–H and O–H groups in total. The summed E-state index contributed by atoms with van der Waals surface area (Å²) < 4.78 is 11.1. The molecule has 92 valence electrons. The maximum Gasteiger partial charge on any atom is 0.131 e. The first-order valence-electron chi connectivity index (χ1n) is 5.89. The zero-order chi connectivity index (χ0) is 12.5. The van der Waals surface area contributed by atoms with Crippen LogP contribution in [0, 0.1) is 0 Å². The van der Waals surface area contributed by atoms with Gasteiger partial charge in [-0.1, -0.05) is 18.2 Å². The van der Waals surface area contributed by atoms with Crippen molar-refractivity contribution < 1.29 is 14.6 Å². The SMILES string of the molecule is COc1ccc2c(c1)C(CO)c1ccccc1O2. The van der Waals surface area contributed by atoms with Gasteiger partial charge in [0, 0.05) is 17.0 Å². The van der Waals surface area contributed by atoms with Crippen LogP contribution in [0.2, 0.25) is 0 Å². The highest BCUT2D eigenvalue weighted by Crippen LogP contribution is 2.44. The zero-order valence-corrected chi connectivity index (χ0v) is 10.1. The molecule has 0 spiro atoms. The van der Waals surface area contributed by atoms with Crippen molar-refractivity contribution in [3.63, 3.8) is 0 Å². The summed E-state index contributed by atoms with van der Waals surface area (Å²) in [6.07, 6.45) is 0. The van der Waals surface area contributed by atoms with Crippen molar-refractivity contribution >= 4 is 0 Å². The van der Waals surface area contributed by atoms with Crippen LogP contribution in [-0.4, -0.2) is 18.8 Å². The third kappa shape index (κ3) is 1.64. The number of para-hydroxylation sites is 1. The predicted octanol–water partition coefficient (Wildman–Crippen LogP) is 2.93. The largest absolute Gasteiger partial charge is 0.497 e. The lowest BCUT2D eigenvalue weighted by atomic mass is 9.88. The Morgan fingerprint density at radius 2 is 1.89 bits per heavy atom. The quantitative estimate of drug-likeness (QED) is 0.880. The molecule has 0 aliphatic carbocycles. The Labute approximate surface area is 106 Å². The summed E-state index contributed by atoms with van der Waals surface area (Å²) >= 11 is 0. The molecule has 1 heterocycles. The Hall–Kier alpha value is -2.00. The van der Waals surface area contributed by atoms with Gasteiger partial charge in [0.2, 0.25) is 0 Å². The van der Waals surface area contributed by atoms with E-state index in [-0.39, 0.29) is 12.5 Å². The first-order chi connectivity index (χ1) is 8.83. The summed E-state index contributed by atoms with van der Waals surface area (Å²) in [7, 11) is 1.63. The van der Waals surface area contributed by atoms with Crippen LogP contribution in [0.1, 0.15) is 17.0 Å². The molecule has 1 atom stereocenters. The summed E-state index contributed by atoms with van der Waals surface area (Å²) in [5.74, 6) is 2.32. The topological polar surface area (TPSA) is 38.7 Å². The minimum absolute atomic E-state index is 0.0555. The fourth-order valence-electron chi connectivity index (χ4n) is 2.36. The van der Waals surface area contributed by atoms with Crippen molar-refractivity contribution in [1.82, 2.24) is 0 Å². The molecule has 0 fully saturated rings. The second kappa shape index (κ2) is 4.35. The zero-order valence-electron chi connectivity index (χ0n) is 10.1. The highest BCUT2D eigenvalue weighted by Gasteiger charge is 2.26. The number of hydrogen-bond acceptors (Lipinski definition) is 3. The molecule has 0 aromatic heterocycles. The summed E-state index contributed by atoms with van der Waals surface area (Å²) in [6.45, 7) is 0.0561. The Morgan fingerprint density at radius 3 is 2.67 bits per heavy atom. The van der Waals surface area contributed by atoms with Crippen molar-refractivity contribution in [2.24, 2.45) is 0 Å². The lowest BCUT2D eigenvalue weighted by molar-refractivity contribution is 0.271.